The highest BCUT2D eigenvalue weighted by Crippen LogP contribution is 2.16. The van der Waals surface area contributed by atoms with Crippen molar-refractivity contribution < 1.29 is 13.2 Å². The van der Waals surface area contributed by atoms with Crippen LogP contribution in [0.4, 0.5) is 4.39 Å². The summed E-state index contributed by atoms with van der Waals surface area (Å²) in [7, 11) is 0. The third-order valence-electron chi connectivity index (χ3n) is 2.92. The lowest BCUT2D eigenvalue weighted by atomic mass is 10.2. The van der Waals surface area contributed by atoms with E-state index in [1.54, 1.807) is 18.4 Å². The van der Waals surface area contributed by atoms with Gasteiger partial charge in [0.2, 0.25) is 0 Å². The SMILES string of the molecule is CC.Cc1ccc2ccoc2c1.Fc1cccc2ncoc12. The Morgan fingerprint density at radius 2 is 1.82 bits per heavy atom. The van der Waals surface area contributed by atoms with Gasteiger partial charge in [0, 0.05) is 5.39 Å². The van der Waals surface area contributed by atoms with E-state index in [1.165, 1.54) is 23.4 Å². The maximum atomic E-state index is 12.7. The van der Waals surface area contributed by atoms with E-state index in [-0.39, 0.29) is 11.4 Å². The molecule has 0 saturated carbocycles. The minimum absolute atomic E-state index is 0.225. The van der Waals surface area contributed by atoms with E-state index in [0.29, 0.717) is 5.52 Å². The molecule has 2 heterocycles. The van der Waals surface area contributed by atoms with Gasteiger partial charge in [-0.15, -0.1) is 0 Å². The van der Waals surface area contributed by atoms with E-state index < -0.39 is 0 Å². The number of oxazole rings is 1. The summed E-state index contributed by atoms with van der Waals surface area (Å²) in [5.74, 6) is -0.366. The van der Waals surface area contributed by atoms with Crippen LogP contribution in [0.3, 0.4) is 0 Å². The first-order chi connectivity index (χ1) is 10.7. The quantitative estimate of drug-likeness (QED) is 0.416. The van der Waals surface area contributed by atoms with Crippen molar-refractivity contribution >= 4 is 22.1 Å². The molecule has 0 aliphatic heterocycles. The molecule has 2 aromatic carbocycles. The smallest absolute Gasteiger partial charge is 0.190 e. The number of aromatic nitrogens is 1. The molecule has 0 atom stereocenters. The topological polar surface area (TPSA) is 39.2 Å². The molecule has 2 aromatic heterocycles. The Labute approximate surface area is 128 Å². The van der Waals surface area contributed by atoms with Crippen molar-refractivity contribution in [3.63, 3.8) is 0 Å². The maximum Gasteiger partial charge on any atom is 0.190 e. The number of hydrogen-bond donors (Lipinski definition) is 0. The molecule has 3 nitrogen and oxygen atoms in total. The molecule has 0 N–H and O–H groups in total. The van der Waals surface area contributed by atoms with Crippen LogP contribution in [0.2, 0.25) is 0 Å². The van der Waals surface area contributed by atoms with E-state index >= 15 is 0 Å². The van der Waals surface area contributed by atoms with Crippen LogP contribution < -0.4 is 0 Å². The summed E-state index contributed by atoms with van der Waals surface area (Å²) in [6.45, 7) is 6.06. The Morgan fingerprint density at radius 1 is 1.00 bits per heavy atom. The number of aryl methyl sites for hydroxylation is 1. The zero-order valence-electron chi connectivity index (χ0n) is 12.8. The molecule has 0 aliphatic carbocycles. The second-order valence-electron chi connectivity index (χ2n) is 4.40. The molecule has 0 bridgehead atoms. The van der Waals surface area contributed by atoms with E-state index in [9.17, 15) is 4.39 Å². The number of rotatable bonds is 0. The van der Waals surface area contributed by atoms with Gasteiger partial charge < -0.3 is 8.83 Å². The second-order valence-corrected chi connectivity index (χ2v) is 4.40. The number of furan rings is 1. The van der Waals surface area contributed by atoms with Gasteiger partial charge in [-0.2, -0.15) is 0 Å². The number of halogens is 1. The predicted octanol–water partition coefficient (Wildman–Crippen LogP) is 5.73. The van der Waals surface area contributed by atoms with Gasteiger partial charge in [-0.1, -0.05) is 32.0 Å². The van der Waals surface area contributed by atoms with Crippen LogP contribution in [-0.4, -0.2) is 4.98 Å². The molecule has 4 rings (SSSR count). The third-order valence-corrected chi connectivity index (χ3v) is 2.92. The summed E-state index contributed by atoms with van der Waals surface area (Å²) >= 11 is 0. The predicted molar refractivity (Wildman–Crippen MR) is 86.3 cm³/mol. The molecule has 0 unspecified atom stereocenters. The Hall–Kier alpha value is -2.62. The lowest BCUT2D eigenvalue weighted by Crippen LogP contribution is -1.72. The number of fused-ring (bicyclic) bond motifs is 2. The molecule has 114 valence electrons. The highest BCUT2D eigenvalue weighted by Gasteiger charge is 2.01. The molecule has 0 saturated heterocycles. The number of nitrogens with zero attached hydrogens (tertiary/aromatic N) is 1. The highest BCUT2D eigenvalue weighted by atomic mass is 19.1. The summed E-state index contributed by atoms with van der Waals surface area (Å²) in [6.07, 6.45) is 2.94. The van der Waals surface area contributed by atoms with E-state index in [0.717, 1.165) is 5.58 Å². The van der Waals surface area contributed by atoms with Crippen LogP contribution in [0, 0.1) is 12.7 Å². The largest absolute Gasteiger partial charge is 0.464 e. The minimum Gasteiger partial charge on any atom is -0.464 e. The number of hydrogen-bond acceptors (Lipinski definition) is 3. The molecule has 0 amide bonds. The maximum absolute atomic E-state index is 12.7. The monoisotopic (exact) mass is 299 g/mol. The van der Waals surface area contributed by atoms with Gasteiger partial charge in [-0.05, 0) is 36.8 Å². The molecule has 0 aliphatic rings. The van der Waals surface area contributed by atoms with Gasteiger partial charge in [0.1, 0.15) is 11.1 Å². The first-order valence-corrected chi connectivity index (χ1v) is 7.15. The van der Waals surface area contributed by atoms with Crippen molar-refractivity contribution in [1.29, 1.82) is 0 Å². The van der Waals surface area contributed by atoms with Crippen LogP contribution in [0.25, 0.3) is 22.1 Å². The van der Waals surface area contributed by atoms with Crippen LogP contribution in [0.15, 0.2) is 64.0 Å². The van der Waals surface area contributed by atoms with Crippen LogP contribution in [0.5, 0.6) is 0 Å². The van der Waals surface area contributed by atoms with E-state index in [1.807, 2.05) is 26.0 Å². The van der Waals surface area contributed by atoms with Gasteiger partial charge in [-0.3, -0.25) is 0 Å². The van der Waals surface area contributed by atoms with Crippen molar-refractivity contribution in [1.82, 2.24) is 4.98 Å². The molecule has 4 aromatic rings. The second kappa shape index (κ2) is 7.41. The van der Waals surface area contributed by atoms with Gasteiger partial charge in [-0.25, -0.2) is 9.37 Å². The van der Waals surface area contributed by atoms with Crippen molar-refractivity contribution in [3.05, 3.63) is 66.5 Å². The van der Waals surface area contributed by atoms with Crippen LogP contribution in [-0.2, 0) is 0 Å². The average molecular weight is 299 g/mol. The molecule has 22 heavy (non-hydrogen) atoms. The van der Waals surface area contributed by atoms with Crippen molar-refractivity contribution in [2.75, 3.05) is 0 Å². The van der Waals surface area contributed by atoms with Gasteiger partial charge in [0.05, 0.1) is 6.26 Å². The summed E-state index contributed by atoms with van der Waals surface area (Å²) < 4.78 is 22.6. The van der Waals surface area contributed by atoms with Crippen molar-refractivity contribution in [3.8, 4) is 0 Å². The Bertz CT molecular complexity index is 847. The third kappa shape index (κ3) is 3.52. The molecular formula is C18H18FNO2. The molecule has 0 fully saturated rings. The standard InChI is InChI=1S/C9H8O.C7H4FNO.C2H6/c1-7-2-3-8-4-5-10-9(8)6-7;8-5-2-1-3-6-7(5)10-4-9-6;1-2/h2-6H,1H3;1-4H;1-2H3. The minimum atomic E-state index is -0.366. The number of para-hydroxylation sites is 1. The lowest BCUT2D eigenvalue weighted by Gasteiger charge is -1.89. The highest BCUT2D eigenvalue weighted by molar-refractivity contribution is 5.77. The molecule has 0 radical (unpaired) electrons. The fourth-order valence-electron chi connectivity index (χ4n) is 1.91. The van der Waals surface area contributed by atoms with Crippen molar-refractivity contribution in [2.24, 2.45) is 0 Å². The normalized spacial score (nSPS) is 9.82. The van der Waals surface area contributed by atoms with Crippen molar-refractivity contribution in [2.45, 2.75) is 20.8 Å². The Kier molecular flexibility index (Phi) is 5.31. The molecular weight excluding hydrogens is 281 g/mol. The molecule has 0 spiro atoms. The summed E-state index contributed by atoms with van der Waals surface area (Å²) in [5.41, 5.74) is 2.99. The van der Waals surface area contributed by atoms with E-state index in [4.69, 9.17) is 8.83 Å². The Balaban J connectivity index is 0.000000144. The Morgan fingerprint density at radius 3 is 2.59 bits per heavy atom. The van der Waals surface area contributed by atoms with E-state index in [2.05, 4.69) is 24.0 Å². The summed E-state index contributed by atoms with van der Waals surface area (Å²) in [6, 6.07) is 12.8. The lowest BCUT2D eigenvalue weighted by molar-refractivity contribution is 0.554. The summed E-state index contributed by atoms with van der Waals surface area (Å²) in [5, 5.41) is 1.17. The zero-order valence-corrected chi connectivity index (χ0v) is 12.8. The summed E-state index contributed by atoms with van der Waals surface area (Å²) in [4.78, 5) is 3.77. The van der Waals surface area contributed by atoms with Crippen LogP contribution >= 0.6 is 0 Å². The van der Waals surface area contributed by atoms with Gasteiger partial charge >= 0.3 is 0 Å². The first-order valence-electron chi connectivity index (χ1n) is 7.15. The number of benzene rings is 2. The molecule has 4 heteroatoms. The first kappa shape index (κ1) is 15.8. The average Bonchev–Trinajstić information content (AvgIpc) is 3.18. The zero-order chi connectivity index (χ0) is 15.9. The fraction of sp³-hybridized carbons (Fsp3) is 0.167. The van der Waals surface area contributed by atoms with Gasteiger partial charge in [0.25, 0.3) is 0 Å². The van der Waals surface area contributed by atoms with Crippen LogP contribution in [0.1, 0.15) is 19.4 Å². The fourth-order valence-corrected chi connectivity index (χ4v) is 1.91. The van der Waals surface area contributed by atoms with Gasteiger partial charge in [0.15, 0.2) is 17.8 Å².